The van der Waals surface area contributed by atoms with E-state index in [1.54, 1.807) is 7.11 Å². The van der Waals surface area contributed by atoms with Crippen molar-refractivity contribution in [2.45, 2.75) is 70.8 Å². The van der Waals surface area contributed by atoms with E-state index >= 15 is 0 Å². The lowest BCUT2D eigenvalue weighted by Crippen LogP contribution is -2.57. The molecule has 1 aliphatic heterocycles. The summed E-state index contributed by atoms with van der Waals surface area (Å²) in [6.07, 6.45) is 5.90. The van der Waals surface area contributed by atoms with Crippen molar-refractivity contribution in [3.05, 3.63) is 29.3 Å². The number of hydrogen-bond donors (Lipinski definition) is 2. The van der Waals surface area contributed by atoms with E-state index in [0.717, 1.165) is 55.1 Å². The lowest BCUT2D eigenvalue weighted by atomic mass is 9.59. The Hall–Kier alpha value is -2.08. The summed E-state index contributed by atoms with van der Waals surface area (Å²) < 4.78 is 5.53. The van der Waals surface area contributed by atoms with Gasteiger partial charge in [-0.2, -0.15) is 0 Å². The van der Waals surface area contributed by atoms with Gasteiger partial charge in [0.25, 0.3) is 0 Å². The average molecular weight is 416 g/mol. The van der Waals surface area contributed by atoms with E-state index in [0.29, 0.717) is 12.0 Å². The number of nitrogens with zero attached hydrogens (tertiary/aromatic N) is 1. The summed E-state index contributed by atoms with van der Waals surface area (Å²) >= 11 is 0. The quantitative estimate of drug-likeness (QED) is 0.677. The molecule has 6 heteroatoms. The van der Waals surface area contributed by atoms with E-state index < -0.39 is 6.03 Å². The van der Waals surface area contributed by atoms with Crippen molar-refractivity contribution in [2.24, 2.45) is 17.6 Å². The van der Waals surface area contributed by atoms with Crippen molar-refractivity contribution in [3.8, 4) is 5.75 Å². The van der Waals surface area contributed by atoms with Crippen molar-refractivity contribution in [3.63, 3.8) is 0 Å². The van der Waals surface area contributed by atoms with Crippen LogP contribution in [0.15, 0.2) is 18.2 Å². The fraction of sp³-hybridized carbons (Fsp3) is 0.667. The highest BCUT2D eigenvalue weighted by Gasteiger charge is 2.49. The van der Waals surface area contributed by atoms with Gasteiger partial charge >= 0.3 is 6.03 Å². The van der Waals surface area contributed by atoms with Crippen molar-refractivity contribution >= 4 is 11.9 Å². The lowest BCUT2D eigenvalue weighted by Gasteiger charge is -2.53. The number of imide groups is 1. The molecule has 30 heavy (non-hydrogen) atoms. The number of amides is 3. The molecule has 3 amide bonds. The van der Waals surface area contributed by atoms with Crippen molar-refractivity contribution in [2.75, 3.05) is 20.2 Å². The van der Waals surface area contributed by atoms with E-state index in [9.17, 15) is 9.59 Å². The van der Waals surface area contributed by atoms with Gasteiger partial charge in [0, 0.05) is 24.4 Å². The second kappa shape index (κ2) is 9.38. The average Bonchev–Trinajstić information content (AvgIpc) is 3.51. The number of methoxy groups -OCH3 is 1. The van der Waals surface area contributed by atoms with Crippen LogP contribution in [0.2, 0.25) is 0 Å². The summed E-state index contributed by atoms with van der Waals surface area (Å²) in [6.45, 7) is 8.74. The summed E-state index contributed by atoms with van der Waals surface area (Å²) in [5.74, 6) is 1.64. The zero-order valence-electron chi connectivity index (χ0n) is 18.9. The Morgan fingerprint density at radius 1 is 1.33 bits per heavy atom. The molecule has 1 heterocycles. The fourth-order valence-electron chi connectivity index (χ4n) is 5.55. The predicted octanol–water partition coefficient (Wildman–Crippen LogP) is 3.75. The van der Waals surface area contributed by atoms with Crippen LogP contribution in [0.25, 0.3) is 0 Å². The Morgan fingerprint density at radius 2 is 2.07 bits per heavy atom. The van der Waals surface area contributed by atoms with E-state index in [2.05, 4.69) is 43.1 Å². The molecular formula is C24H37N3O3. The monoisotopic (exact) mass is 415 g/mol. The number of carbonyl (C=O) groups excluding carboxylic acids is 2. The van der Waals surface area contributed by atoms with Gasteiger partial charge in [0.15, 0.2) is 0 Å². The van der Waals surface area contributed by atoms with Crippen LogP contribution in [-0.4, -0.2) is 43.1 Å². The molecule has 3 unspecified atom stereocenters. The molecule has 1 aromatic rings. The van der Waals surface area contributed by atoms with Crippen LogP contribution in [0, 0.1) is 18.8 Å². The zero-order chi connectivity index (χ0) is 21.9. The SMILES string of the molecule is CCCC1C(C)N(CC2CC2)CCC1(CC(=O)NC(N)=O)c1cc(OC)ccc1C. The molecule has 6 nitrogen and oxygen atoms in total. The number of aryl methyl sites for hydroxylation is 1. The van der Waals surface area contributed by atoms with Crippen LogP contribution in [0.1, 0.15) is 63.5 Å². The first-order valence-electron chi connectivity index (χ1n) is 11.3. The molecule has 1 aliphatic carbocycles. The van der Waals surface area contributed by atoms with Crippen LogP contribution < -0.4 is 15.8 Å². The summed E-state index contributed by atoms with van der Waals surface area (Å²) in [5, 5.41) is 2.32. The second-order valence-corrected chi connectivity index (χ2v) is 9.25. The number of carbonyl (C=O) groups is 2. The van der Waals surface area contributed by atoms with Gasteiger partial charge in [-0.05, 0) is 81.2 Å². The number of urea groups is 1. The minimum atomic E-state index is -0.788. The molecule has 1 saturated heterocycles. The third kappa shape index (κ3) is 4.80. The van der Waals surface area contributed by atoms with E-state index in [1.165, 1.54) is 12.8 Å². The van der Waals surface area contributed by atoms with Gasteiger partial charge in [-0.3, -0.25) is 10.1 Å². The number of ether oxygens (including phenoxy) is 1. The minimum Gasteiger partial charge on any atom is -0.497 e. The van der Waals surface area contributed by atoms with Crippen molar-refractivity contribution in [1.29, 1.82) is 0 Å². The number of benzene rings is 1. The molecule has 3 N–H and O–H groups in total. The summed E-state index contributed by atoms with van der Waals surface area (Å²) in [5.41, 5.74) is 7.23. The van der Waals surface area contributed by atoms with Crippen LogP contribution in [0.4, 0.5) is 4.79 Å². The highest BCUT2D eigenvalue weighted by Crippen LogP contribution is 2.50. The standard InChI is InChI=1S/C24H37N3O3/c1-5-6-20-17(3)27(15-18-8-9-18)12-11-24(20,14-22(28)26-23(25)29)21-13-19(30-4)10-7-16(21)2/h7,10,13,17-18,20H,5-6,8-9,11-12,14-15H2,1-4H3,(H3,25,26,28,29). The van der Waals surface area contributed by atoms with Crippen molar-refractivity contribution in [1.82, 2.24) is 10.2 Å². The zero-order valence-corrected chi connectivity index (χ0v) is 18.9. The molecular weight excluding hydrogens is 378 g/mol. The molecule has 0 aromatic heterocycles. The van der Waals surface area contributed by atoms with E-state index in [1.807, 2.05) is 6.07 Å². The summed E-state index contributed by atoms with van der Waals surface area (Å²) in [6, 6.07) is 5.72. The predicted molar refractivity (Wildman–Crippen MR) is 119 cm³/mol. The lowest BCUT2D eigenvalue weighted by molar-refractivity contribution is -0.123. The van der Waals surface area contributed by atoms with Crippen LogP contribution in [0.5, 0.6) is 5.75 Å². The third-order valence-electron chi connectivity index (χ3n) is 7.22. The summed E-state index contributed by atoms with van der Waals surface area (Å²) in [4.78, 5) is 26.8. The van der Waals surface area contributed by atoms with Gasteiger partial charge in [-0.25, -0.2) is 4.79 Å². The van der Waals surface area contributed by atoms with Gasteiger partial charge in [0.05, 0.1) is 7.11 Å². The first-order chi connectivity index (χ1) is 14.3. The maximum Gasteiger partial charge on any atom is 0.318 e. The molecule has 3 rings (SSSR count). The van der Waals surface area contributed by atoms with Gasteiger partial charge in [-0.15, -0.1) is 0 Å². The molecule has 1 aromatic carbocycles. The van der Waals surface area contributed by atoms with Gasteiger partial charge in [0.2, 0.25) is 5.91 Å². The number of piperidine rings is 1. The molecule has 3 atom stereocenters. The Balaban J connectivity index is 2.04. The largest absolute Gasteiger partial charge is 0.497 e. The second-order valence-electron chi connectivity index (χ2n) is 9.25. The van der Waals surface area contributed by atoms with E-state index in [-0.39, 0.29) is 17.7 Å². The summed E-state index contributed by atoms with van der Waals surface area (Å²) in [7, 11) is 1.67. The molecule has 166 valence electrons. The number of primary amides is 1. The third-order valence-corrected chi connectivity index (χ3v) is 7.22. The number of nitrogens with one attached hydrogen (secondary N) is 1. The number of nitrogens with two attached hydrogens (primary N) is 1. The maximum absolute atomic E-state index is 12.8. The van der Waals surface area contributed by atoms with Crippen LogP contribution >= 0.6 is 0 Å². The number of rotatable bonds is 8. The van der Waals surface area contributed by atoms with Gasteiger partial charge in [0.1, 0.15) is 5.75 Å². The van der Waals surface area contributed by atoms with Crippen LogP contribution in [0.3, 0.4) is 0 Å². The number of hydrogen-bond acceptors (Lipinski definition) is 4. The smallest absolute Gasteiger partial charge is 0.318 e. The first kappa shape index (κ1) is 22.6. The van der Waals surface area contributed by atoms with Crippen LogP contribution in [-0.2, 0) is 10.2 Å². The Labute approximate surface area is 180 Å². The highest BCUT2D eigenvalue weighted by molar-refractivity contribution is 5.94. The molecule has 2 fully saturated rings. The Kier molecular flexibility index (Phi) is 7.06. The first-order valence-corrected chi connectivity index (χ1v) is 11.3. The topological polar surface area (TPSA) is 84.7 Å². The van der Waals surface area contributed by atoms with Crippen molar-refractivity contribution < 1.29 is 14.3 Å². The molecule has 1 saturated carbocycles. The minimum absolute atomic E-state index is 0.260. The molecule has 0 radical (unpaired) electrons. The number of likely N-dealkylation sites (tertiary alicyclic amines) is 1. The fourth-order valence-corrected chi connectivity index (χ4v) is 5.55. The highest BCUT2D eigenvalue weighted by atomic mass is 16.5. The Morgan fingerprint density at radius 3 is 2.67 bits per heavy atom. The molecule has 2 aliphatic rings. The normalized spacial score (nSPS) is 26.9. The molecule has 0 bridgehead atoms. The molecule has 0 spiro atoms. The Bertz CT molecular complexity index is 777. The van der Waals surface area contributed by atoms with E-state index in [4.69, 9.17) is 10.5 Å². The van der Waals surface area contributed by atoms with Gasteiger partial charge < -0.3 is 15.4 Å². The maximum atomic E-state index is 12.8. The van der Waals surface area contributed by atoms with Gasteiger partial charge in [-0.1, -0.05) is 19.4 Å².